The zero-order chi connectivity index (χ0) is 14.5. The largest absolute Gasteiger partial charge is 0.399 e. The molecule has 0 amide bonds. The van der Waals surface area contributed by atoms with Crippen molar-refractivity contribution in [1.82, 2.24) is 4.90 Å². The van der Waals surface area contributed by atoms with E-state index in [0.717, 1.165) is 32.0 Å². The summed E-state index contributed by atoms with van der Waals surface area (Å²) in [6.07, 6.45) is 0.171. The smallest absolute Gasteiger partial charge is 0.138 e. The van der Waals surface area contributed by atoms with E-state index in [4.69, 9.17) is 10.5 Å². The Hall–Kier alpha value is -0.780. The molecule has 1 atom stereocenters. The molecule has 0 spiro atoms. The summed E-state index contributed by atoms with van der Waals surface area (Å²) in [7, 11) is 0. The lowest BCUT2D eigenvalue weighted by Gasteiger charge is -2.33. The number of ether oxygens (including phenoxy) is 1. The van der Waals surface area contributed by atoms with Gasteiger partial charge in [-0.1, -0.05) is 13.8 Å². The van der Waals surface area contributed by atoms with Gasteiger partial charge in [-0.05, 0) is 24.1 Å². The fraction of sp³-hybridized carbons (Fsp3) is 0.600. The Morgan fingerprint density at radius 2 is 2.30 bits per heavy atom. The quantitative estimate of drug-likeness (QED) is 0.670. The van der Waals surface area contributed by atoms with Crippen molar-refractivity contribution in [3.05, 3.63) is 24.0 Å². The molecule has 0 bridgehead atoms. The van der Waals surface area contributed by atoms with Gasteiger partial charge in [-0.2, -0.15) is 0 Å². The second-order valence-electron chi connectivity index (χ2n) is 5.65. The van der Waals surface area contributed by atoms with Gasteiger partial charge in [-0.15, -0.1) is 11.8 Å². The minimum absolute atomic E-state index is 0.171. The van der Waals surface area contributed by atoms with E-state index in [0.29, 0.717) is 16.5 Å². The predicted octanol–water partition coefficient (Wildman–Crippen LogP) is 2.86. The fourth-order valence-electron chi connectivity index (χ4n) is 2.38. The standard InChI is InChI=1S/C15H23FN2OS/c1-11(2)8-18-5-6-19-13(9-18)10-20-15-4-3-12(17)7-14(15)16/h3-4,7,11,13H,5-6,8-10,17H2,1-2H3. The molecular weight excluding hydrogens is 275 g/mol. The molecule has 1 aliphatic rings. The maximum atomic E-state index is 13.7. The maximum Gasteiger partial charge on any atom is 0.138 e. The van der Waals surface area contributed by atoms with Crippen LogP contribution in [0.25, 0.3) is 0 Å². The van der Waals surface area contributed by atoms with Gasteiger partial charge < -0.3 is 10.5 Å². The van der Waals surface area contributed by atoms with Gasteiger partial charge in [0.25, 0.3) is 0 Å². The zero-order valence-corrected chi connectivity index (χ0v) is 13.0. The summed E-state index contributed by atoms with van der Waals surface area (Å²) < 4.78 is 19.5. The van der Waals surface area contributed by atoms with E-state index in [-0.39, 0.29) is 11.9 Å². The van der Waals surface area contributed by atoms with Gasteiger partial charge in [0.05, 0.1) is 12.7 Å². The lowest BCUT2D eigenvalue weighted by Crippen LogP contribution is -2.44. The van der Waals surface area contributed by atoms with Crippen LogP contribution in [0.5, 0.6) is 0 Å². The first-order valence-corrected chi connectivity index (χ1v) is 8.05. The number of rotatable bonds is 5. The van der Waals surface area contributed by atoms with E-state index in [2.05, 4.69) is 18.7 Å². The average Bonchev–Trinajstić information content (AvgIpc) is 2.37. The maximum absolute atomic E-state index is 13.7. The SMILES string of the molecule is CC(C)CN1CCOC(CSc2ccc(N)cc2F)C1. The van der Waals surface area contributed by atoms with E-state index in [1.807, 2.05) is 0 Å². The summed E-state index contributed by atoms with van der Waals surface area (Å²) in [6.45, 7) is 8.24. The Morgan fingerprint density at radius 3 is 3.00 bits per heavy atom. The Morgan fingerprint density at radius 1 is 1.50 bits per heavy atom. The molecule has 1 heterocycles. The lowest BCUT2D eigenvalue weighted by atomic mass is 10.2. The van der Waals surface area contributed by atoms with Crippen LogP contribution in [0.2, 0.25) is 0 Å². The monoisotopic (exact) mass is 298 g/mol. The molecule has 1 aliphatic heterocycles. The van der Waals surface area contributed by atoms with Crippen LogP contribution in [0.3, 0.4) is 0 Å². The number of nitrogen functional groups attached to an aromatic ring is 1. The summed E-state index contributed by atoms with van der Waals surface area (Å²) in [5, 5.41) is 0. The Bertz CT molecular complexity index is 442. The third kappa shape index (κ3) is 4.65. The van der Waals surface area contributed by atoms with Crippen molar-refractivity contribution < 1.29 is 9.13 Å². The molecule has 20 heavy (non-hydrogen) atoms. The van der Waals surface area contributed by atoms with Gasteiger partial charge in [-0.25, -0.2) is 4.39 Å². The van der Waals surface area contributed by atoms with Crippen LogP contribution in [0.15, 0.2) is 23.1 Å². The van der Waals surface area contributed by atoms with Crippen molar-refractivity contribution in [2.24, 2.45) is 5.92 Å². The Kier molecular flexibility index (Phi) is 5.69. The van der Waals surface area contributed by atoms with E-state index in [9.17, 15) is 4.39 Å². The molecule has 2 N–H and O–H groups in total. The van der Waals surface area contributed by atoms with Crippen LogP contribution in [-0.2, 0) is 4.74 Å². The molecule has 0 aromatic heterocycles. The minimum Gasteiger partial charge on any atom is -0.399 e. The third-order valence-electron chi connectivity index (χ3n) is 3.23. The van der Waals surface area contributed by atoms with E-state index in [1.54, 1.807) is 12.1 Å². The number of morpholine rings is 1. The van der Waals surface area contributed by atoms with Crippen LogP contribution < -0.4 is 5.73 Å². The number of thioether (sulfide) groups is 1. The number of nitrogens with two attached hydrogens (primary N) is 1. The van der Waals surface area contributed by atoms with Crippen molar-refractivity contribution in [2.45, 2.75) is 24.8 Å². The molecule has 1 unspecified atom stereocenters. The summed E-state index contributed by atoms with van der Waals surface area (Å²) in [5.41, 5.74) is 6.01. The van der Waals surface area contributed by atoms with Crippen molar-refractivity contribution in [2.75, 3.05) is 37.7 Å². The average molecular weight is 298 g/mol. The Labute approximate surface area is 124 Å². The molecule has 0 saturated carbocycles. The normalized spacial score (nSPS) is 20.5. The molecule has 5 heteroatoms. The summed E-state index contributed by atoms with van der Waals surface area (Å²) in [6, 6.07) is 4.84. The second kappa shape index (κ2) is 7.29. The number of anilines is 1. The predicted molar refractivity (Wildman–Crippen MR) is 82.6 cm³/mol. The number of hydrogen-bond donors (Lipinski definition) is 1. The van der Waals surface area contributed by atoms with E-state index < -0.39 is 0 Å². The van der Waals surface area contributed by atoms with Gasteiger partial charge in [-0.3, -0.25) is 4.90 Å². The topological polar surface area (TPSA) is 38.5 Å². The number of benzene rings is 1. The van der Waals surface area contributed by atoms with E-state index >= 15 is 0 Å². The molecule has 3 nitrogen and oxygen atoms in total. The highest BCUT2D eigenvalue weighted by molar-refractivity contribution is 7.99. The van der Waals surface area contributed by atoms with Gasteiger partial charge in [0.2, 0.25) is 0 Å². The summed E-state index contributed by atoms with van der Waals surface area (Å²) >= 11 is 1.50. The van der Waals surface area contributed by atoms with Crippen molar-refractivity contribution in [3.8, 4) is 0 Å². The highest BCUT2D eigenvalue weighted by atomic mass is 32.2. The van der Waals surface area contributed by atoms with Crippen LogP contribution in [-0.4, -0.2) is 43.0 Å². The first-order valence-electron chi connectivity index (χ1n) is 7.06. The minimum atomic E-state index is -0.246. The van der Waals surface area contributed by atoms with Gasteiger partial charge in [0.1, 0.15) is 5.82 Å². The molecule has 1 aromatic carbocycles. The Balaban J connectivity index is 1.84. The van der Waals surface area contributed by atoms with Gasteiger partial charge in [0.15, 0.2) is 0 Å². The molecule has 1 aromatic rings. The van der Waals surface area contributed by atoms with Crippen molar-refractivity contribution >= 4 is 17.4 Å². The second-order valence-corrected chi connectivity index (χ2v) is 6.71. The molecule has 2 rings (SSSR count). The zero-order valence-electron chi connectivity index (χ0n) is 12.1. The fourth-order valence-corrected chi connectivity index (χ4v) is 3.31. The van der Waals surface area contributed by atoms with Gasteiger partial charge >= 0.3 is 0 Å². The highest BCUT2D eigenvalue weighted by Gasteiger charge is 2.21. The van der Waals surface area contributed by atoms with Crippen LogP contribution in [0.4, 0.5) is 10.1 Å². The van der Waals surface area contributed by atoms with Crippen molar-refractivity contribution in [3.63, 3.8) is 0 Å². The first-order chi connectivity index (χ1) is 9.54. The molecule has 0 radical (unpaired) electrons. The summed E-state index contributed by atoms with van der Waals surface area (Å²) in [5.74, 6) is 1.19. The number of hydrogen-bond acceptors (Lipinski definition) is 4. The number of nitrogens with zero attached hydrogens (tertiary/aromatic N) is 1. The molecule has 0 aliphatic carbocycles. The number of halogens is 1. The first kappa shape index (κ1) is 15.6. The van der Waals surface area contributed by atoms with Crippen molar-refractivity contribution in [1.29, 1.82) is 0 Å². The molecule has 112 valence electrons. The third-order valence-corrected chi connectivity index (χ3v) is 4.41. The van der Waals surface area contributed by atoms with Crippen LogP contribution >= 0.6 is 11.8 Å². The van der Waals surface area contributed by atoms with Gasteiger partial charge in [0, 0.05) is 36.0 Å². The molecular formula is C15H23FN2OS. The highest BCUT2D eigenvalue weighted by Crippen LogP contribution is 2.25. The molecule has 1 saturated heterocycles. The van der Waals surface area contributed by atoms with Crippen LogP contribution in [0.1, 0.15) is 13.8 Å². The summed E-state index contributed by atoms with van der Waals surface area (Å²) in [4.78, 5) is 3.07. The van der Waals surface area contributed by atoms with E-state index in [1.165, 1.54) is 17.8 Å². The molecule has 1 fully saturated rings. The lowest BCUT2D eigenvalue weighted by molar-refractivity contribution is -0.0191. The van der Waals surface area contributed by atoms with Crippen LogP contribution in [0, 0.1) is 11.7 Å².